The van der Waals surface area contributed by atoms with Crippen molar-refractivity contribution >= 4 is 11.8 Å². The van der Waals surface area contributed by atoms with Gasteiger partial charge in [-0.1, -0.05) is 18.2 Å². The average Bonchev–Trinajstić information content (AvgIpc) is 3.21. The topological polar surface area (TPSA) is 76.0 Å². The highest BCUT2D eigenvalue weighted by Gasteiger charge is 2.12. The molecule has 2 amide bonds. The molecule has 0 bridgehead atoms. The van der Waals surface area contributed by atoms with Crippen LogP contribution in [0.25, 0.3) is 5.69 Å². The molecule has 0 radical (unpaired) electrons. The molecule has 6 nitrogen and oxygen atoms in total. The number of hydrogen-bond acceptors (Lipinski definition) is 3. The number of carbonyl (C=O) groups is 2. The summed E-state index contributed by atoms with van der Waals surface area (Å²) in [6, 6.07) is 12.5. The lowest BCUT2D eigenvalue weighted by Crippen LogP contribution is -2.29. The van der Waals surface area contributed by atoms with Crippen molar-refractivity contribution in [3.63, 3.8) is 0 Å². The Morgan fingerprint density at radius 2 is 1.80 bits per heavy atom. The van der Waals surface area contributed by atoms with Crippen molar-refractivity contribution in [3.8, 4) is 5.69 Å². The predicted octanol–water partition coefficient (Wildman–Crippen LogP) is 3.02. The minimum Gasteiger partial charge on any atom is -0.356 e. The van der Waals surface area contributed by atoms with Gasteiger partial charge in [0.25, 0.3) is 5.91 Å². The van der Waals surface area contributed by atoms with Gasteiger partial charge < -0.3 is 10.6 Å². The fourth-order valence-corrected chi connectivity index (χ4v) is 2.87. The smallest absolute Gasteiger partial charge is 0.254 e. The predicted molar refractivity (Wildman–Crippen MR) is 108 cm³/mol. The maximum Gasteiger partial charge on any atom is 0.254 e. The summed E-state index contributed by atoms with van der Waals surface area (Å²) in [7, 11) is 0. The average molecular weight is 412 g/mol. The molecule has 0 fully saturated rings. The van der Waals surface area contributed by atoms with Gasteiger partial charge >= 0.3 is 0 Å². The molecule has 0 saturated heterocycles. The molecule has 3 aromatic rings. The van der Waals surface area contributed by atoms with E-state index in [9.17, 15) is 18.4 Å². The number of amides is 2. The number of benzene rings is 2. The van der Waals surface area contributed by atoms with E-state index in [1.54, 1.807) is 10.9 Å². The first kappa shape index (κ1) is 21.2. The maximum absolute atomic E-state index is 13.5. The summed E-state index contributed by atoms with van der Waals surface area (Å²) in [5, 5.41) is 9.66. The second-order valence-corrected chi connectivity index (χ2v) is 6.71. The van der Waals surface area contributed by atoms with Crippen molar-refractivity contribution in [3.05, 3.63) is 83.7 Å². The molecule has 0 aliphatic carbocycles. The first-order valence-corrected chi connectivity index (χ1v) is 9.62. The van der Waals surface area contributed by atoms with Crippen LogP contribution >= 0.6 is 0 Å². The lowest BCUT2D eigenvalue weighted by Gasteiger charge is -2.07. The summed E-state index contributed by atoms with van der Waals surface area (Å²) in [5.74, 6) is -2.43. The summed E-state index contributed by atoms with van der Waals surface area (Å²) in [6.07, 6.45) is 4.98. The van der Waals surface area contributed by atoms with E-state index in [1.807, 2.05) is 36.5 Å². The van der Waals surface area contributed by atoms with E-state index in [0.717, 1.165) is 23.4 Å². The van der Waals surface area contributed by atoms with Gasteiger partial charge in [0.05, 0.1) is 17.4 Å². The van der Waals surface area contributed by atoms with E-state index >= 15 is 0 Å². The summed E-state index contributed by atoms with van der Waals surface area (Å²) >= 11 is 0. The number of nitrogens with zero attached hydrogens (tertiary/aromatic N) is 2. The third-order valence-corrected chi connectivity index (χ3v) is 4.43. The van der Waals surface area contributed by atoms with Gasteiger partial charge in [0, 0.05) is 31.8 Å². The lowest BCUT2D eigenvalue weighted by molar-refractivity contribution is -0.121. The van der Waals surface area contributed by atoms with Crippen LogP contribution in [-0.4, -0.2) is 34.7 Å². The van der Waals surface area contributed by atoms with E-state index < -0.39 is 17.5 Å². The Morgan fingerprint density at radius 1 is 1.00 bits per heavy atom. The number of para-hydroxylation sites is 1. The normalized spacial score (nSPS) is 10.6. The van der Waals surface area contributed by atoms with Gasteiger partial charge in [-0.05, 0) is 42.7 Å². The molecule has 2 N–H and O–H groups in total. The molecule has 30 heavy (non-hydrogen) atoms. The van der Waals surface area contributed by atoms with Gasteiger partial charge in [-0.3, -0.25) is 9.59 Å². The zero-order valence-electron chi connectivity index (χ0n) is 16.3. The quantitative estimate of drug-likeness (QED) is 0.531. The Kier molecular flexibility index (Phi) is 7.26. The van der Waals surface area contributed by atoms with Crippen LogP contribution in [-0.2, 0) is 11.2 Å². The van der Waals surface area contributed by atoms with Crippen LogP contribution < -0.4 is 10.6 Å². The Hall–Kier alpha value is -3.55. The zero-order valence-corrected chi connectivity index (χ0v) is 16.3. The van der Waals surface area contributed by atoms with E-state index in [-0.39, 0.29) is 24.4 Å². The van der Waals surface area contributed by atoms with Crippen molar-refractivity contribution in [1.82, 2.24) is 20.4 Å². The minimum absolute atomic E-state index is 0.132. The van der Waals surface area contributed by atoms with Crippen molar-refractivity contribution in [1.29, 1.82) is 0 Å². The minimum atomic E-state index is -0.916. The molecule has 0 saturated carbocycles. The molecular formula is C22H22F2N4O2. The van der Waals surface area contributed by atoms with Gasteiger partial charge in [-0.2, -0.15) is 5.10 Å². The summed E-state index contributed by atoms with van der Waals surface area (Å²) in [4.78, 5) is 23.8. The van der Waals surface area contributed by atoms with Crippen molar-refractivity contribution in [2.45, 2.75) is 19.3 Å². The molecular weight excluding hydrogens is 390 g/mol. The zero-order chi connectivity index (χ0) is 21.3. The van der Waals surface area contributed by atoms with E-state index in [0.29, 0.717) is 25.5 Å². The van der Waals surface area contributed by atoms with Gasteiger partial charge in [-0.25, -0.2) is 13.5 Å². The molecule has 0 atom stereocenters. The van der Waals surface area contributed by atoms with Crippen LogP contribution in [0.1, 0.15) is 28.8 Å². The number of hydrogen-bond donors (Lipinski definition) is 2. The fourth-order valence-electron chi connectivity index (χ4n) is 2.87. The second kappa shape index (κ2) is 10.3. The van der Waals surface area contributed by atoms with E-state index in [2.05, 4.69) is 15.7 Å². The highest BCUT2D eigenvalue weighted by Crippen LogP contribution is 2.09. The number of aromatic nitrogens is 2. The van der Waals surface area contributed by atoms with Crippen molar-refractivity contribution in [2.75, 3.05) is 13.1 Å². The molecule has 0 unspecified atom stereocenters. The molecule has 0 spiro atoms. The number of rotatable bonds is 9. The Morgan fingerprint density at radius 3 is 2.57 bits per heavy atom. The second-order valence-electron chi connectivity index (χ2n) is 6.71. The van der Waals surface area contributed by atoms with Gasteiger partial charge in [0.15, 0.2) is 0 Å². The Bertz CT molecular complexity index is 1010. The summed E-state index contributed by atoms with van der Waals surface area (Å²) < 4.78 is 28.2. The van der Waals surface area contributed by atoms with Gasteiger partial charge in [0.2, 0.25) is 5.91 Å². The molecule has 8 heteroatoms. The van der Waals surface area contributed by atoms with Crippen LogP contribution in [0.2, 0.25) is 0 Å². The van der Waals surface area contributed by atoms with Gasteiger partial charge in [0.1, 0.15) is 11.6 Å². The fraction of sp³-hybridized carbons (Fsp3) is 0.227. The van der Waals surface area contributed by atoms with E-state index in [1.165, 1.54) is 0 Å². The third-order valence-electron chi connectivity index (χ3n) is 4.43. The van der Waals surface area contributed by atoms with Crippen LogP contribution in [0.3, 0.4) is 0 Å². The summed E-state index contributed by atoms with van der Waals surface area (Å²) in [6.45, 7) is 0.694. The molecule has 1 aromatic heterocycles. The number of nitrogens with one attached hydrogen (secondary N) is 2. The molecule has 2 aromatic carbocycles. The molecule has 0 aliphatic heterocycles. The highest BCUT2D eigenvalue weighted by molar-refractivity contribution is 5.94. The number of carbonyl (C=O) groups excluding carboxylic acids is 2. The lowest BCUT2D eigenvalue weighted by atomic mass is 10.2. The van der Waals surface area contributed by atoms with E-state index in [4.69, 9.17) is 0 Å². The van der Waals surface area contributed by atoms with Crippen LogP contribution in [0.5, 0.6) is 0 Å². The maximum atomic E-state index is 13.5. The molecule has 1 heterocycles. The van der Waals surface area contributed by atoms with Crippen molar-refractivity contribution < 1.29 is 18.4 Å². The molecule has 156 valence electrons. The van der Waals surface area contributed by atoms with Crippen LogP contribution in [0.4, 0.5) is 8.78 Å². The number of halogens is 2. The standard InChI is InChI=1S/C22H22F2N4O2/c23-17-8-9-19(20(24)13-17)22(30)26-11-4-7-21(29)25-12-10-16-14-27-28(15-16)18-5-2-1-3-6-18/h1-3,5-6,8-9,13-15H,4,7,10-12H2,(H,25,29)(H,26,30). The first-order valence-electron chi connectivity index (χ1n) is 9.62. The monoisotopic (exact) mass is 412 g/mol. The van der Waals surface area contributed by atoms with Crippen LogP contribution in [0.15, 0.2) is 60.9 Å². The largest absolute Gasteiger partial charge is 0.356 e. The Balaban J connectivity index is 1.33. The SMILES string of the molecule is O=C(CCCNC(=O)c1ccc(F)cc1F)NCCc1cnn(-c2ccccc2)c1. The molecule has 3 rings (SSSR count). The van der Waals surface area contributed by atoms with Gasteiger partial charge in [-0.15, -0.1) is 0 Å². The highest BCUT2D eigenvalue weighted by atomic mass is 19.1. The Labute approximate surface area is 172 Å². The van der Waals surface area contributed by atoms with Crippen molar-refractivity contribution in [2.24, 2.45) is 0 Å². The van der Waals surface area contributed by atoms with Crippen LogP contribution in [0, 0.1) is 11.6 Å². The summed E-state index contributed by atoms with van der Waals surface area (Å²) in [5.41, 5.74) is 1.75. The first-order chi connectivity index (χ1) is 14.5. The molecule has 0 aliphatic rings. The third kappa shape index (κ3) is 5.97.